The minimum Gasteiger partial charge on any atom is -0.207 e. The van der Waals surface area contributed by atoms with E-state index in [0.717, 1.165) is 9.79 Å². The number of rotatable bonds is 3. The molecule has 0 aliphatic rings. The first kappa shape index (κ1) is 12.9. The molecule has 2 heteroatoms. The summed E-state index contributed by atoms with van der Waals surface area (Å²) >= 11 is 1.63. The maximum absolute atomic E-state index is 12.9. The first-order chi connectivity index (χ1) is 9.81. The van der Waals surface area contributed by atoms with Gasteiger partial charge < -0.3 is 0 Å². The van der Waals surface area contributed by atoms with Crippen LogP contribution in [0.5, 0.6) is 0 Å². The molecular weight excluding hydrogens is 267 g/mol. The summed E-state index contributed by atoms with van der Waals surface area (Å²) in [7, 11) is 0. The summed E-state index contributed by atoms with van der Waals surface area (Å²) in [4.78, 5) is 2.19. The number of benzene rings is 3. The van der Waals surface area contributed by atoms with E-state index >= 15 is 0 Å². The zero-order valence-corrected chi connectivity index (χ0v) is 11.6. The Hall–Kier alpha value is -2.06. The van der Waals surface area contributed by atoms with E-state index in [-0.39, 0.29) is 5.82 Å². The van der Waals surface area contributed by atoms with E-state index < -0.39 is 0 Å². The van der Waals surface area contributed by atoms with Crippen LogP contribution >= 0.6 is 11.8 Å². The van der Waals surface area contributed by atoms with Gasteiger partial charge in [0.05, 0.1) is 0 Å². The van der Waals surface area contributed by atoms with Crippen molar-refractivity contribution in [2.24, 2.45) is 0 Å². The van der Waals surface area contributed by atoms with Crippen LogP contribution in [0.3, 0.4) is 0 Å². The van der Waals surface area contributed by atoms with Crippen molar-refractivity contribution < 1.29 is 4.39 Å². The largest absolute Gasteiger partial charge is 0.207 e. The highest BCUT2D eigenvalue weighted by molar-refractivity contribution is 7.99. The van der Waals surface area contributed by atoms with Gasteiger partial charge in [0.15, 0.2) is 0 Å². The Kier molecular flexibility index (Phi) is 3.84. The van der Waals surface area contributed by atoms with Crippen molar-refractivity contribution in [2.75, 3.05) is 0 Å². The van der Waals surface area contributed by atoms with Crippen LogP contribution in [0.15, 0.2) is 88.7 Å². The summed E-state index contributed by atoms with van der Waals surface area (Å²) in [6.07, 6.45) is 0. The summed E-state index contributed by atoms with van der Waals surface area (Å²) < 4.78 is 12.9. The molecule has 3 aromatic carbocycles. The Labute approximate surface area is 122 Å². The molecule has 0 spiro atoms. The fourth-order valence-electron chi connectivity index (χ4n) is 1.98. The molecule has 0 amide bonds. The third kappa shape index (κ3) is 3.09. The van der Waals surface area contributed by atoms with Gasteiger partial charge in [0, 0.05) is 9.79 Å². The molecule has 0 N–H and O–H groups in total. The van der Waals surface area contributed by atoms with E-state index in [9.17, 15) is 4.39 Å². The lowest BCUT2D eigenvalue weighted by Crippen LogP contribution is -1.78. The predicted molar refractivity (Wildman–Crippen MR) is 82.4 cm³/mol. The average molecular weight is 280 g/mol. The van der Waals surface area contributed by atoms with Crippen LogP contribution in [0.1, 0.15) is 0 Å². The van der Waals surface area contributed by atoms with Crippen LogP contribution in [0.4, 0.5) is 4.39 Å². The van der Waals surface area contributed by atoms with Crippen molar-refractivity contribution in [1.82, 2.24) is 0 Å². The lowest BCUT2D eigenvalue weighted by Gasteiger charge is -2.04. The minimum atomic E-state index is -0.200. The van der Waals surface area contributed by atoms with Gasteiger partial charge in [0.25, 0.3) is 0 Å². The third-order valence-corrected chi connectivity index (χ3v) is 4.03. The molecule has 0 nitrogen and oxygen atoms in total. The zero-order valence-electron chi connectivity index (χ0n) is 10.8. The lowest BCUT2D eigenvalue weighted by atomic mass is 10.1. The molecule has 98 valence electrons. The summed E-state index contributed by atoms with van der Waals surface area (Å²) in [6, 6.07) is 25.3. The molecule has 0 radical (unpaired) electrons. The molecule has 0 unspecified atom stereocenters. The van der Waals surface area contributed by atoms with Crippen molar-refractivity contribution in [2.45, 2.75) is 9.79 Å². The monoisotopic (exact) mass is 280 g/mol. The van der Waals surface area contributed by atoms with E-state index in [4.69, 9.17) is 0 Å². The number of halogens is 1. The lowest BCUT2D eigenvalue weighted by molar-refractivity contribution is 0.626. The van der Waals surface area contributed by atoms with Crippen molar-refractivity contribution in [3.8, 4) is 11.1 Å². The van der Waals surface area contributed by atoms with Crippen LogP contribution in [-0.4, -0.2) is 0 Å². The average Bonchev–Trinajstić information content (AvgIpc) is 2.51. The van der Waals surface area contributed by atoms with E-state index in [1.165, 1.54) is 23.3 Å². The van der Waals surface area contributed by atoms with E-state index in [2.05, 4.69) is 36.4 Å². The Balaban J connectivity index is 1.78. The first-order valence-electron chi connectivity index (χ1n) is 6.40. The number of hydrogen-bond donors (Lipinski definition) is 0. The highest BCUT2D eigenvalue weighted by Gasteiger charge is 2.00. The van der Waals surface area contributed by atoms with Crippen LogP contribution in [0.25, 0.3) is 11.1 Å². The first-order valence-corrected chi connectivity index (χ1v) is 7.22. The third-order valence-electron chi connectivity index (χ3n) is 3.01. The quantitative estimate of drug-likeness (QED) is 0.598. The molecule has 3 aromatic rings. The van der Waals surface area contributed by atoms with Crippen LogP contribution in [-0.2, 0) is 0 Å². The van der Waals surface area contributed by atoms with Gasteiger partial charge in [-0.1, -0.05) is 54.2 Å². The van der Waals surface area contributed by atoms with Crippen molar-refractivity contribution in [1.29, 1.82) is 0 Å². The van der Waals surface area contributed by atoms with Gasteiger partial charge in [-0.25, -0.2) is 4.39 Å². The van der Waals surface area contributed by atoms with E-state index in [1.54, 1.807) is 23.9 Å². The maximum Gasteiger partial charge on any atom is 0.123 e. The van der Waals surface area contributed by atoms with Gasteiger partial charge >= 0.3 is 0 Å². The van der Waals surface area contributed by atoms with Gasteiger partial charge in [-0.05, 0) is 47.5 Å². The smallest absolute Gasteiger partial charge is 0.123 e. The fourth-order valence-corrected chi connectivity index (χ4v) is 2.80. The Bertz CT molecular complexity index is 673. The highest BCUT2D eigenvalue weighted by atomic mass is 32.2. The van der Waals surface area contributed by atoms with Gasteiger partial charge in [-0.3, -0.25) is 0 Å². The fraction of sp³-hybridized carbons (Fsp3) is 0. The van der Waals surface area contributed by atoms with Gasteiger partial charge in [-0.2, -0.15) is 0 Å². The van der Waals surface area contributed by atoms with Crippen molar-refractivity contribution in [3.63, 3.8) is 0 Å². The molecule has 0 atom stereocenters. The molecule has 0 bridgehead atoms. The van der Waals surface area contributed by atoms with Crippen LogP contribution in [0.2, 0.25) is 0 Å². The predicted octanol–water partition coefficient (Wildman–Crippen LogP) is 5.64. The molecule has 0 heterocycles. The molecule has 20 heavy (non-hydrogen) atoms. The molecule has 0 aliphatic heterocycles. The molecule has 0 aromatic heterocycles. The summed E-state index contributed by atoms with van der Waals surface area (Å²) in [5, 5.41) is 0. The standard InChI is InChI=1S/C18H13FS/c19-16-8-12-18(13-9-16)20-17-10-6-15(7-11-17)14-4-2-1-3-5-14/h1-13H. The number of hydrogen-bond acceptors (Lipinski definition) is 1. The highest BCUT2D eigenvalue weighted by Crippen LogP contribution is 2.29. The Morgan fingerprint density at radius 2 is 1.05 bits per heavy atom. The molecule has 3 rings (SSSR count). The van der Waals surface area contributed by atoms with E-state index in [1.807, 2.05) is 18.2 Å². The molecule has 0 aliphatic carbocycles. The SMILES string of the molecule is Fc1ccc(Sc2ccc(-c3ccccc3)cc2)cc1. The second-order valence-electron chi connectivity index (χ2n) is 4.45. The molecular formula is C18H13FS. The van der Waals surface area contributed by atoms with Gasteiger partial charge in [-0.15, -0.1) is 0 Å². The summed E-state index contributed by atoms with van der Waals surface area (Å²) in [5.74, 6) is -0.200. The van der Waals surface area contributed by atoms with Crippen LogP contribution < -0.4 is 0 Å². The van der Waals surface area contributed by atoms with Gasteiger partial charge in [0.2, 0.25) is 0 Å². The second kappa shape index (κ2) is 5.93. The van der Waals surface area contributed by atoms with Crippen molar-refractivity contribution >= 4 is 11.8 Å². The Morgan fingerprint density at radius 3 is 1.65 bits per heavy atom. The zero-order chi connectivity index (χ0) is 13.8. The molecule has 0 saturated carbocycles. The Morgan fingerprint density at radius 1 is 0.550 bits per heavy atom. The summed E-state index contributed by atoms with van der Waals surface area (Å²) in [6.45, 7) is 0. The van der Waals surface area contributed by atoms with E-state index in [0.29, 0.717) is 0 Å². The second-order valence-corrected chi connectivity index (χ2v) is 5.59. The maximum atomic E-state index is 12.9. The van der Waals surface area contributed by atoms with Crippen LogP contribution in [0, 0.1) is 5.82 Å². The molecule has 0 saturated heterocycles. The topological polar surface area (TPSA) is 0 Å². The molecule has 0 fully saturated rings. The normalized spacial score (nSPS) is 10.4. The minimum absolute atomic E-state index is 0.200. The summed E-state index contributed by atoms with van der Waals surface area (Å²) in [5.41, 5.74) is 2.42. The van der Waals surface area contributed by atoms with Crippen molar-refractivity contribution in [3.05, 3.63) is 84.7 Å². The van der Waals surface area contributed by atoms with Gasteiger partial charge in [0.1, 0.15) is 5.82 Å².